The molecule has 0 saturated carbocycles. The smallest absolute Gasteiger partial charge is 0.224 e. The van der Waals surface area contributed by atoms with Crippen molar-refractivity contribution in [3.05, 3.63) is 58.7 Å². The SMILES string of the molecule is CC1C(N)=C(/C=C\N)CCN1C(=O)C[C@H](N)Cc1cc(F)c(F)cc1F. The lowest BCUT2D eigenvalue weighted by atomic mass is 9.97. The summed E-state index contributed by atoms with van der Waals surface area (Å²) in [7, 11) is 0. The molecule has 142 valence electrons. The van der Waals surface area contributed by atoms with Gasteiger partial charge in [-0.2, -0.15) is 0 Å². The summed E-state index contributed by atoms with van der Waals surface area (Å²) in [6, 6.07) is 0.202. The van der Waals surface area contributed by atoms with E-state index in [2.05, 4.69) is 0 Å². The molecule has 1 heterocycles. The van der Waals surface area contributed by atoms with Crippen LogP contribution in [0.2, 0.25) is 0 Å². The first kappa shape index (κ1) is 19.8. The molecule has 1 aromatic carbocycles. The maximum atomic E-state index is 13.7. The van der Waals surface area contributed by atoms with Crippen molar-refractivity contribution in [3.63, 3.8) is 0 Å². The number of carbonyl (C=O) groups excluding carboxylic acids is 1. The van der Waals surface area contributed by atoms with Crippen LogP contribution in [-0.2, 0) is 11.2 Å². The van der Waals surface area contributed by atoms with E-state index in [4.69, 9.17) is 17.2 Å². The fourth-order valence-corrected chi connectivity index (χ4v) is 3.07. The van der Waals surface area contributed by atoms with E-state index in [1.165, 1.54) is 6.20 Å². The highest BCUT2D eigenvalue weighted by Crippen LogP contribution is 2.23. The third-order valence-corrected chi connectivity index (χ3v) is 4.54. The highest BCUT2D eigenvalue weighted by atomic mass is 19.2. The minimum Gasteiger partial charge on any atom is -0.405 e. The average molecular weight is 368 g/mol. The van der Waals surface area contributed by atoms with Gasteiger partial charge < -0.3 is 22.1 Å². The zero-order chi connectivity index (χ0) is 19.4. The molecule has 8 heteroatoms. The van der Waals surface area contributed by atoms with Crippen molar-refractivity contribution in [3.8, 4) is 0 Å². The van der Waals surface area contributed by atoms with Gasteiger partial charge >= 0.3 is 0 Å². The van der Waals surface area contributed by atoms with Crippen LogP contribution in [0.4, 0.5) is 13.2 Å². The van der Waals surface area contributed by atoms with Gasteiger partial charge in [0.15, 0.2) is 11.6 Å². The van der Waals surface area contributed by atoms with E-state index < -0.39 is 23.5 Å². The molecule has 1 unspecified atom stereocenters. The van der Waals surface area contributed by atoms with Gasteiger partial charge in [0.2, 0.25) is 5.91 Å². The maximum absolute atomic E-state index is 13.7. The summed E-state index contributed by atoms with van der Waals surface area (Å²) in [5.74, 6) is -3.53. The number of halogens is 3. The predicted molar refractivity (Wildman–Crippen MR) is 92.9 cm³/mol. The Balaban J connectivity index is 2.03. The van der Waals surface area contributed by atoms with E-state index in [0.717, 1.165) is 11.6 Å². The summed E-state index contributed by atoms with van der Waals surface area (Å²) < 4.78 is 40.0. The standard InChI is InChI=1S/C18H23F3N4O/c1-10-18(24)11(2-4-22)3-5-25(10)17(26)8-13(23)6-12-7-15(20)16(21)9-14(12)19/h2,4,7,9-10,13H,3,5-6,8,22-24H2,1H3/b4-2-/t10?,13-/m1/s1. The van der Waals surface area contributed by atoms with Gasteiger partial charge in [-0.3, -0.25) is 4.79 Å². The van der Waals surface area contributed by atoms with E-state index in [-0.39, 0.29) is 30.4 Å². The Morgan fingerprint density at radius 1 is 1.31 bits per heavy atom. The first-order valence-corrected chi connectivity index (χ1v) is 8.29. The monoisotopic (exact) mass is 368 g/mol. The van der Waals surface area contributed by atoms with Crippen LogP contribution in [0.25, 0.3) is 0 Å². The molecule has 0 bridgehead atoms. The molecular weight excluding hydrogens is 345 g/mol. The topological polar surface area (TPSA) is 98.4 Å². The lowest BCUT2D eigenvalue weighted by molar-refractivity contribution is -0.133. The molecule has 1 aromatic rings. The largest absolute Gasteiger partial charge is 0.405 e. The van der Waals surface area contributed by atoms with Crippen LogP contribution in [0.3, 0.4) is 0 Å². The number of nitrogens with two attached hydrogens (primary N) is 3. The van der Waals surface area contributed by atoms with Crippen LogP contribution in [0.15, 0.2) is 35.7 Å². The Morgan fingerprint density at radius 3 is 2.62 bits per heavy atom. The molecular formula is C18H23F3N4O. The third-order valence-electron chi connectivity index (χ3n) is 4.54. The zero-order valence-electron chi connectivity index (χ0n) is 14.5. The second kappa shape index (κ2) is 8.27. The minimum absolute atomic E-state index is 0.0574. The average Bonchev–Trinajstić information content (AvgIpc) is 2.57. The molecule has 2 atom stereocenters. The van der Waals surface area contributed by atoms with Gasteiger partial charge in [-0.15, -0.1) is 0 Å². The van der Waals surface area contributed by atoms with E-state index in [1.54, 1.807) is 17.9 Å². The highest BCUT2D eigenvalue weighted by Gasteiger charge is 2.28. The summed E-state index contributed by atoms with van der Waals surface area (Å²) in [4.78, 5) is 14.1. The van der Waals surface area contributed by atoms with Crippen LogP contribution in [0.1, 0.15) is 25.3 Å². The summed E-state index contributed by atoms with van der Waals surface area (Å²) in [5, 5.41) is 0. The first-order chi connectivity index (χ1) is 12.2. The predicted octanol–water partition coefficient (Wildman–Crippen LogP) is 1.67. The van der Waals surface area contributed by atoms with Crippen LogP contribution >= 0.6 is 0 Å². The van der Waals surface area contributed by atoms with Crippen LogP contribution in [0.5, 0.6) is 0 Å². The summed E-state index contributed by atoms with van der Waals surface area (Å²) in [6.07, 6.45) is 3.55. The van der Waals surface area contributed by atoms with E-state index >= 15 is 0 Å². The quantitative estimate of drug-likeness (QED) is 0.689. The third kappa shape index (κ3) is 4.37. The van der Waals surface area contributed by atoms with Crippen molar-refractivity contribution >= 4 is 5.91 Å². The molecule has 0 radical (unpaired) electrons. The van der Waals surface area contributed by atoms with Crippen molar-refractivity contribution in [2.75, 3.05) is 6.54 Å². The molecule has 26 heavy (non-hydrogen) atoms. The number of allylic oxidation sites excluding steroid dienone is 1. The number of benzene rings is 1. The Kier molecular flexibility index (Phi) is 6.31. The number of rotatable bonds is 5. The molecule has 5 nitrogen and oxygen atoms in total. The van der Waals surface area contributed by atoms with Crippen molar-refractivity contribution in [2.45, 2.75) is 38.3 Å². The van der Waals surface area contributed by atoms with Crippen molar-refractivity contribution in [1.82, 2.24) is 4.90 Å². The molecule has 1 aliphatic rings. The summed E-state index contributed by atoms with van der Waals surface area (Å²) in [5.41, 5.74) is 18.8. The Hall–Kier alpha value is -2.48. The lowest BCUT2D eigenvalue weighted by Gasteiger charge is -2.35. The van der Waals surface area contributed by atoms with Crippen LogP contribution < -0.4 is 17.2 Å². The maximum Gasteiger partial charge on any atom is 0.224 e. The Morgan fingerprint density at radius 2 is 1.96 bits per heavy atom. The second-order valence-corrected chi connectivity index (χ2v) is 6.38. The normalized spacial score (nSPS) is 19.3. The molecule has 2 rings (SSSR count). The number of hydrogen-bond donors (Lipinski definition) is 3. The minimum atomic E-state index is -1.26. The van der Waals surface area contributed by atoms with E-state index in [1.807, 2.05) is 0 Å². The number of nitrogens with zero attached hydrogens (tertiary/aromatic N) is 1. The van der Waals surface area contributed by atoms with E-state index in [9.17, 15) is 18.0 Å². The van der Waals surface area contributed by atoms with E-state index in [0.29, 0.717) is 24.7 Å². The number of carbonyl (C=O) groups is 1. The molecule has 1 aliphatic heterocycles. The van der Waals surface area contributed by atoms with Gasteiger partial charge in [-0.1, -0.05) is 0 Å². The summed E-state index contributed by atoms with van der Waals surface area (Å²) in [6.45, 7) is 2.27. The summed E-state index contributed by atoms with van der Waals surface area (Å²) >= 11 is 0. The van der Waals surface area contributed by atoms with Crippen LogP contribution in [-0.4, -0.2) is 29.4 Å². The Labute approximate surface area is 150 Å². The lowest BCUT2D eigenvalue weighted by Crippen LogP contribution is -2.47. The molecule has 6 N–H and O–H groups in total. The number of hydrogen-bond acceptors (Lipinski definition) is 4. The van der Waals surface area contributed by atoms with Gasteiger partial charge in [-0.05, 0) is 49.2 Å². The number of amides is 1. The van der Waals surface area contributed by atoms with Crippen molar-refractivity contribution in [2.24, 2.45) is 17.2 Å². The molecule has 1 amide bonds. The van der Waals surface area contributed by atoms with Gasteiger partial charge in [0.25, 0.3) is 0 Å². The van der Waals surface area contributed by atoms with Gasteiger partial charge in [0.1, 0.15) is 5.82 Å². The molecule has 0 fully saturated rings. The van der Waals surface area contributed by atoms with Gasteiger partial charge in [-0.25, -0.2) is 13.2 Å². The van der Waals surface area contributed by atoms with Gasteiger partial charge in [0.05, 0.1) is 6.04 Å². The zero-order valence-corrected chi connectivity index (χ0v) is 14.5. The van der Waals surface area contributed by atoms with Crippen molar-refractivity contribution < 1.29 is 18.0 Å². The second-order valence-electron chi connectivity index (χ2n) is 6.38. The van der Waals surface area contributed by atoms with Crippen molar-refractivity contribution in [1.29, 1.82) is 0 Å². The molecule has 0 spiro atoms. The fraction of sp³-hybridized carbons (Fsp3) is 0.389. The molecule has 0 aliphatic carbocycles. The van der Waals surface area contributed by atoms with Crippen LogP contribution in [0, 0.1) is 17.5 Å². The molecule has 0 aromatic heterocycles. The van der Waals surface area contributed by atoms with Gasteiger partial charge in [0, 0.05) is 30.8 Å². The Bertz CT molecular complexity index is 748. The highest BCUT2D eigenvalue weighted by molar-refractivity contribution is 5.78. The fourth-order valence-electron chi connectivity index (χ4n) is 3.07. The first-order valence-electron chi connectivity index (χ1n) is 8.29. The molecule has 0 saturated heterocycles.